The second kappa shape index (κ2) is 5.30. The predicted molar refractivity (Wildman–Crippen MR) is 54.5 cm³/mol. The summed E-state index contributed by atoms with van der Waals surface area (Å²) in [4.78, 5) is 11.6. The Hall–Kier alpha value is -0.465. The quantitative estimate of drug-likeness (QED) is 0.652. The Morgan fingerprint density at radius 3 is 2.77 bits per heavy atom. The van der Waals surface area contributed by atoms with Gasteiger partial charge in [0.1, 0.15) is 0 Å². The van der Waals surface area contributed by atoms with Gasteiger partial charge in [-0.2, -0.15) is 0 Å². The first-order valence-corrected chi connectivity index (χ1v) is 5.27. The van der Waals surface area contributed by atoms with Crippen LogP contribution < -0.4 is 5.32 Å². The zero-order chi connectivity index (χ0) is 9.68. The molecule has 2 unspecified atom stereocenters. The van der Waals surface area contributed by atoms with Crippen molar-refractivity contribution >= 4 is 13.8 Å². The molecule has 0 aromatic rings. The Kier molecular flexibility index (Phi) is 4.33. The molecule has 3 heteroatoms. The lowest BCUT2D eigenvalue weighted by Crippen LogP contribution is -2.37. The maximum Gasteiger partial charge on any atom is 0.222 e. The first-order valence-electron chi connectivity index (χ1n) is 5.27. The molecule has 0 saturated heterocycles. The number of hydrogen-bond donors (Lipinski definition) is 1. The van der Waals surface area contributed by atoms with Crippen LogP contribution in [0, 0.1) is 11.8 Å². The third kappa shape index (κ3) is 2.75. The van der Waals surface area contributed by atoms with Crippen molar-refractivity contribution in [3.8, 4) is 0 Å². The molecule has 1 amide bonds. The molecule has 72 valence electrons. The summed E-state index contributed by atoms with van der Waals surface area (Å²) in [6.45, 7) is 2.17. The van der Waals surface area contributed by atoms with Crippen LogP contribution in [0.25, 0.3) is 0 Å². The van der Waals surface area contributed by atoms with Gasteiger partial charge in [0.05, 0.1) is 7.85 Å². The van der Waals surface area contributed by atoms with Gasteiger partial charge in [-0.1, -0.05) is 26.2 Å². The van der Waals surface area contributed by atoms with Crippen LogP contribution in [0.15, 0.2) is 0 Å². The first kappa shape index (κ1) is 10.6. The van der Waals surface area contributed by atoms with Gasteiger partial charge in [0.2, 0.25) is 5.91 Å². The highest BCUT2D eigenvalue weighted by Gasteiger charge is 2.28. The summed E-state index contributed by atoms with van der Waals surface area (Å²) in [6.07, 6.45) is 6.11. The molecule has 2 nitrogen and oxygen atoms in total. The summed E-state index contributed by atoms with van der Waals surface area (Å²) >= 11 is 0. The average Bonchev–Trinajstić information content (AvgIpc) is 2.18. The number of hydrogen-bond acceptors (Lipinski definition) is 1. The van der Waals surface area contributed by atoms with Crippen LogP contribution in [0.3, 0.4) is 0 Å². The predicted octanol–water partition coefficient (Wildman–Crippen LogP) is 1.44. The van der Waals surface area contributed by atoms with E-state index in [9.17, 15) is 4.79 Å². The maximum absolute atomic E-state index is 11.6. The van der Waals surface area contributed by atoms with Gasteiger partial charge < -0.3 is 5.32 Å². The fraction of sp³-hybridized carbons (Fsp3) is 0.900. The SMILES string of the molecule is [B]CNC(=O)C1CCCCC1CC. The van der Waals surface area contributed by atoms with Crippen molar-refractivity contribution in [3.05, 3.63) is 0 Å². The zero-order valence-electron chi connectivity index (χ0n) is 8.38. The highest BCUT2D eigenvalue weighted by molar-refractivity contribution is 6.10. The number of nitrogens with one attached hydrogen (secondary N) is 1. The van der Waals surface area contributed by atoms with Gasteiger partial charge in [-0.25, -0.2) is 0 Å². The third-order valence-corrected chi connectivity index (χ3v) is 3.05. The molecule has 0 bridgehead atoms. The van der Waals surface area contributed by atoms with E-state index in [1.54, 1.807) is 0 Å². The first-order chi connectivity index (χ1) is 6.29. The number of amides is 1. The largest absolute Gasteiger partial charge is 0.365 e. The molecule has 2 atom stereocenters. The lowest BCUT2D eigenvalue weighted by molar-refractivity contribution is -0.127. The number of rotatable bonds is 3. The van der Waals surface area contributed by atoms with E-state index in [4.69, 9.17) is 7.85 Å². The molecule has 0 spiro atoms. The summed E-state index contributed by atoms with van der Waals surface area (Å²) in [7, 11) is 5.29. The van der Waals surface area contributed by atoms with Crippen molar-refractivity contribution < 1.29 is 4.79 Å². The molecule has 0 aliphatic heterocycles. The van der Waals surface area contributed by atoms with Gasteiger partial charge in [0.25, 0.3) is 0 Å². The molecular formula is C10H18BNO. The van der Waals surface area contributed by atoms with Crippen LogP contribution in [-0.2, 0) is 4.79 Å². The summed E-state index contributed by atoms with van der Waals surface area (Å²) in [5.74, 6) is 0.969. The van der Waals surface area contributed by atoms with Crippen LogP contribution in [0.4, 0.5) is 0 Å². The van der Waals surface area contributed by atoms with Crippen LogP contribution in [0.2, 0.25) is 0 Å². The normalized spacial score (nSPS) is 28.4. The van der Waals surface area contributed by atoms with E-state index in [-0.39, 0.29) is 18.3 Å². The van der Waals surface area contributed by atoms with Gasteiger partial charge >= 0.3 is 0 Å². The second-order valence-electron chi connectivity index (χ2n) is 3.80. The zero-order valence-corrected chi connectivity index (χ0v) is 8.38. The molecule has 1 aliphatic rings. The Morgan fingerprint density at radius 2 is 2.15 bits per heavy atom. The van der Waals surface area contributed by atoms with E-state index in [1.165, 1.54) is 19.3 Å². The molecule has 1 N–H and O–H groups in total. The average molecular weight is 179 g/mol. The van der Waals surface area contributed by atoms with Gasteiger partial charge in [0.15, 0.2) is 0 Å². The molecule has 1 rings (SSSR count). The van der Waals surface area contributed by atoms with E-state index < -0.39 is 0 Å². The van der Waals surface area contributed by atoms with E-state index in [1.807, 2.05) is 0 Å². The highest BCUT2D eigenvalue weighted by Crippen LogP contribution is 2.32. The van der Waals surface area contributed by atoms with Crippen molar-refractivity contribution in [3.63, 3.8) is 0 Å². The van der Waals surface area contributed by atoms with E-state index >= 15 is 0 Å². The maximum atomic E-state index is 11.6. The summed E-state index contributed by atoms with van der Waals surface area (Å²) < 4.78 is 0. The van der Waals surface area contributed by atoms with Crippen molar-refractivity contribution in [2.75, 3.05) is 6.44 Å². The van der Waals surface area contributed by atoms with Crippen LogP contribution in [-0.4, -0.2) is 20.2 Å². The molecule has 0 heterocycles. The van der Waals surface area contributed by atoms with Gasteiger partial charge in [-0.05, 0) is 25.2 Å². The van der Waals surface area contributed by atoms with Crippen molar-refractivity contribution in [2.24, 2.45) is 11.8 Å². The summed E-state index contributed by atoms with van der Waals surface area (Å²) in [6, 6.07) is 0. The van der Waals surface area contributed by atoms with Crippen LogP contribution in [0.1, 0.15) is 39.0 Å². The molecule has 0 aromatic carbocycles. The summed E-state index contributed by atoms with van der Waals surface area (Å²) in [5, 5.41) is 2.72. The Balaban J connectivity index is 2.48. The minimum absolute atomic E-state index is 0.161. The minimum Gasteiger partial charge on any atom is -0.365 e. The molecule has 2 radical (unpaired) electrons. The lowest BCUT2D eigenvalue weighted by Gasteiger charge is -2.29. The summed E-state index contributed by atoms with van der Waals surface area (Å²) in [5.41, 5.74) is 0. The molecule has 0 aromatic heterocycles. The lowest BCUT2D eigenvalue weighted by atomic mass is 9.77. The molecule has 1 fully saturated rings. The Bertz CT molecular complexity index is 172. The highest BCUT2D eigenvalue weighted by atomic mass is 16.1. The second-order valence-corrected chi connectivity index (χ2v) is 3.80. The van der Waals surface area contributed by atoms with Crippen molar-refractivity contribution in [1.29, 1.82) is 0 Å². The molecule has 1 aliphatic carbocycles. The third-order valence-electron chi connectivity index (χ3n) is 3.05. The fourth-order valence-corrected chi connectivity index (χ4v) is 2.27. The van der Waals surface area contributed by atoms with E-state index in [0.29, 0.717) is 5.92 Å². The number of carbonyl (C=O) groups is 1. The smallest absolute Gasteiger partial charge is 0.222 e. The van der Waals surface area contributed by atoms with E-state index in [0.717, 1.165) is 12.8 Å². The van der Waals surface area contributed by atoms with Crippen LogP contribution >= 0.6 is 0 Å². The Morgan fingerprint density at radius 1 is 1.46 bits per heavy atom. The van der Waals surface area contributed by atoms with Crippen molar-refractivity contribution in [1.82, 2.24) is 5.32 Å². The minimum atomic E-state index is 0.161. The van der Waals surface area contributed by atoms with Gasteiger partial charge in [-0.15, -0.1) is 0 Å². The Labute approximate surface area is 81.9 Å². The van der Waals surface area contributed by atoms with Gasteiger partial charge in [0, 0.05) is 5.92 Å². The van der Waals surface area contributed by atoms with Crippen molar-refractivity contribution in [2.45, 2.75) is 39.0 Å². The standard InChI is InChI=1S/C10H18BNO/c1-2-8-5-3-4-6-9(8)10(13)12-7-11/h8-9H,2-7H2,1H3,(H,12,13). The van der Waals surface area contributed by atoms with Gasteiger partial charge in [-0.3, -0.25) is 4.79 Å². The topological polar surface area (TPSA) is 29.1 Å². The fourth-order valence-electron chi connectivity index (χ4n) is 2.27. The number of carbonyl (C=O) groups excluding carboxylic acids is 1. The van der Waals surface area contributed by atoms with Crippen LogP contribution in [0.5, 0.6) is 0 Å². The molecular weight excluding hydrogens is 161 g/mol. The molecule has 13 heavy (non-hydrogen) atoms. The van der Waals surface area contributed by atoms with E-state index in [2.05, 4.69) is 12.2 Å². The molecule has 1 saturated carbocycles. The monoisotopic (exact) mass is 179 g/mol.